The van der Waals surface area contributed by atoms with Gasteiger partial charge in [-0.2, -0.15) is 15.7 Å². The van der Waals surface area contributed by atoms with Crippen molar-refractivity contribution < 1.29 is 36.1 Å². The molecular formula is C14H15N3O7. The zero-order valence-corrected chi connectivity index (χ0v) is 12.2. The number of ketones is 1. The smallest absolute Gasteiger partial charge is 0.179 e. The van der Waals surface area contributed by atoms with E-state index >= 15 is 0 Å². The highest BCUT2D eigenvalue weighted by Crippen LogP contribution is 2.24. The maximum absolute atomic E-state index is 12.3. The van der Waals surface area contributed by atoms with Gasteiger partial charge in [-0.1, -0.05) is 30.3 Å². The third-order valence-corrected chi connectivity index (χ3v) is 3.39. The van der Waals surface area contributed by atoms with Crippen LogP contribution in [0.25, 0.3) is 0 Å². The van der Waals surface area contributed by atoms with Gasteiger partial charge in [-0.3, -0.25) is 4.79 Å². The number of hydrogen-bond donors (Lipinski definition) is 6. The molecule has 2 aromatic carbocycles. The van der Waals surface area contributed by atoms with Gasteiger partial charge in [0.2, 0.25) is 0 Å². The maximum Gasteiger partial charge on any atom is 0.179 e. The Hall–Kier alpha value is -2.25. The molecule has 0 spiro atoms. The van der Waals surface area contributed by atoms with Crippen molar-refractivity contribution in [2.75, 3.05) is 0 Å². The van der Waals surface area contributed by atoms with Crippen LogP contribution in [-0.4, -0.2) is 21.4 Å². The summed E-state index contributed by atoms with van der Waals surface area (Å²) in [5, 5.41) is 56.9. The molecule has 2 aromatic rings. The van der Waals surface area contributed by atoms with Crippen LogP contribution in [0.5, 0.6) is 0 Å². The summed E-state index contributed by atoms with van der Waals surface area (Å²) in [7, 11) is 0. The molecule has 0 amide bonds. The average Bonchev–Trinajstić information content (AvgIpc) is 2.54. The highest BCUT2D eigenvalue weighted by atomic mass is 16.8. The molecule has 6 N–H and O–H groups in total. The van der Waals surface area contributed by atoms with Crippen molar-refractivity contribution in [2.45, 2.75) is 6.42 Å². The van der Waals surface area contributed by atoms with E-state index in [0.717, 1.165) is 12.1 Å². The molecule has 3 unspecified atom stereocenters. The van der Waals surface area contributed by atoms with Crippen molar-refractivity contribution in [3.8, 4) is 0 Å². The Morgan fingerprint density at radius 3 is 1.79 bits per heavy atom. The fraction of sp³-hybridized carbons (Fsp3) is 0.0714. The fourth-order valence-electron chi connectivity index (χ4n) is 2.25. The lowest BCUT2D eigenvalue weighted by Gasteiger charge is -2.22. The SMILES string of the molecule is O=C(Cc1c([NH+]([O-])O)cc([NH+]([O-])O)cc1[NH+]([O-])O)c1ccccc1. The summed E-state index contributed by atoms with van der Waals surface area (Å²) >= 11 is 0. The molecule has 2 rings (SSSR count). The minimum atomic E-state index is -1.50. The van der Waals surface area contributed by atoms with Gasteiger partial charge in [-0.15, -0.1) is 0 Å². The van der Waals surface area contributed by atoms with E-state index in [1.54, 1.807) is 18.2 Å². The summed E-state index contributed by atoms with van der Waals surface area (Å²) < 4.78 is 0. The number of Topliss-reactive ketones (excluding diaryl/α,β-unsaturated/α-hetero) is 1. The second kappa shape index (κ2) is 7.55. The molecule has 0 bridgehead atoms. The molecule has 0 fully saturated rings. The Labute approximate surface area is 135 Å². The van der Waals surface area contributed by atoms with Crippen molar-refractivity contribution in [1.82, 2.24) is 0 Å². The van der Waals surface area contributed by atoms with E-state index in [2.05, 4.69) is 0 Å². The van der Waals surface area contributed by atoms with E-state index in [4.69, 9.17) is 5.21 Å². The molecule has 10 nitrogen and oxygen atoms in total. The fourth-order valence-corrected chi connectivity index (χ4v) is 2.25. The Morgan fingerprint density at radius 2 is 1.38 bits per heavy atom. The third kappa shape index (κ3) is 3.98. The molecule has 0 saturated carbocycles. The highest BCUT2D eigenvalue weighted by Gasteiger charge is 2.25. The molecule has 0 aliphatic carbocycles. The predicted octanol–water partition coefficient (Wildman–Crippen LogP) is -1.68. The molecule has 3 atom stereocenters. The summed E-state index contributed by atoms with van der Waals surface area (Å²) in [4.78, 5) is 12.3. The minimum absolute atomic E-state index is 0.228. The van der Waals surface area contributed by atoms with Crippen LogP contribution in [0, 0.1) is 15.6 Å². The number of carbonyl (C=O) groups excluding carboxylic acids is 1. The molecular weight excluding hydrogens is 322 g/mol. The lowest BCUT2D eigenvalue weighted by molar-refractivity contribution is -1.00. The van der Waals surface area contributed by atoms with Crippen LogP contribution in [0.15, 0.2) is 42.5 Å². The van der Waals surface area contributed by atoms with Gasteiger partial charge in [0.15, 0.2) is 22.8 Å². The molecule has 0 aliphatic rings. The van der Waals surface area contributed by atoms with Crippen LogP contribution in [0.4, 0.5) is 17.1 Å². The summed E-state index contributed by atoms with van der Waals surface area (Å²) in [6.45, 7) is 0. The Morgan fingerprint density at radius 1 is 0.875 bits per heavy atom. The number of quaternary nitrogens is 3. The number of nitrogens with one attached hydrogen (secondary N) is 3. The standard InChI is InChI=1S/C14H15N3O7/c18-14(9-4-2-1-3-5-9)8-11-12(16(21)22)6-10(15(19)20)7-13(11)17(23)24/h1-7,15-17,19,21,23H,8H2. The van der Waals surface area contributed by atoms with Gasteiger partial charge in [0.05, 0.1) is 17.7 Å². The van der Waals surface area contributed by atoms with Crippen LogP contribution >= 0.6 is 0 Å². The van der Waals surface area contributed by atoms with Crippen molar-refractivity contribution in [3.05, 3.63) is 69.2 Å². The first-order valence-corrected chi connectivity index (χ1v) is 6.76. The summed E-state index contributed by atoms with van der Waals surface area (Å²) in [5.74, 6) is -0.469. The Balaban J connectivity index is 2.52. The quantitative estimate of drug-likeness (QED) is 0.271. The van der Waals surface area contributed by atoms with Gasteiger partial charge >= 0.3 is 0 Å². The van der Waals surface area contributed by atoms with Crippen LogP contribution in [0.2, 0.25) is 0 Å². The van der Waals surface area contributed by atoms with Crippen LogP contribution in [0.1, 0.15) is 15.9 Å². The van der Waals surface area contributed by atoms with E-state index in [1.165, 1.54) is 12.1 Å². The maximum atomic E-state index is 12.3. The number of hydrogen-bond acceptors (Lipinski definition) is 7. The second-order valence-electron chi connectivity index (χ2n) is 4.93. The van der Waals surface area contributed by atoms with Crippen molar-refractivity contribution in [2.24, 2.45) is 0 Å². The number of carbonyl (C=O) groups is 1. The van der Waals surface area contributed by atoms with Crippen molar-refractivity contribution in [3.63, 3.8) is 0 Å². The van der Waals surface area contributed by atoms with E-state index in [9.17, 15) is 30.8 Å². The first kappa shape index (κ1) is 18.1. The zero-order valence-electron chi connectivity index (χ0n) is 12.2. The third-order valence-electron chi connectivity index (χ3n) is 3.39. The molecule has 0 aliphatic heterocycles. The normalized spacial score (nSPS) is 14.9. The molecule has 0 saturated heterocycles. The Bertz CT molecular complexity index is 691. The Kier molecular flexibility index (Phi) is 5.69. The molecule has 0 aromatic heterocycles. The van der Waals surface area contributed by atoms with Gasteiger partial charge in [0, 0.05) is 12.0 Å². The van der Waals surface area contributed by atoms with Crippen molar-refractivity contribution in [1.29, 1.82) is 0 Å². The summed E-state index contributed by atoms with van der Waals surface area (Å²) in [6.07, 6.45) is -0.465. The van der Waals surface area contributed by atoms with Gasteiger partial charge in [0.1, 0.15) is 0 Å². The van der Waals surface area contributed by atoms with Gasteiger partial charge in [0.25, 0.3) is 0 Å². The lowest BCUT2D eigenvalue weighted by atomic mass is 9.99. The second-order valence-corrected chi connectivity index (χ2v) is 4.93. The lowest BCUT2D eigenvalue weighted by Crippen LogP contribution is -3.03. The van der Waals surface area contributed by atoms with E-state index in [1.807, 2.05) is 0 Å². The zero-order chi connectivity index (χ0) is 17.9. The number of benzene rings is 2. The molecule has 128 valence electrons. The summed E-state index contributed by atoms with van der Waals surface area (Å²) in [6, 6.07) is 9.69. The molecule has 24 heavy (non-hydrogen) atoms. The van der Waals surface area contributed by atoms with Crippen LogP contribution < -0.4 is 15.7 Å². The number of rotatable bonds is 6. The van der Waals surface area contributed by atoms with Gasteiger partial charge < -0.3 is 15.6 Å². The first-order valence-electron chi connectivity index (χ1n) is 6.76. The van der Waals surface area contributed by atoms with Crippen LogP contribution in [-0.2, 0) is 6.42 Å². The molecule has 0 radical (unpaired) electrons. The summed E-state index contributed by atoms with van der Waals surface area (Å²) in [5.41, 5.74) is -1.43. The van der Waals surface area contributed by atoms with E-state index in [0.29, 0.717) is 5.56 Å². The van der Waals surface area contributed by atoms with Gasteiger partial charge in [-0.05, 0) is 0 Å². The first-order chi connectivity index (χ1) is 11.3. The molecule has 0 heterocycles. The highest BCUT2D eigenvalue weighted by molar-refractivity contribution is 5.98. The van der Waals surface area contributed by atoms with E-state index < -0.39 is 44.9 Å². The molecule has 10 heteroatoms. The predicted molar refractivity (Wildman–Crippen MR) is 78.2 cm³/mol. The van der Waals surface area contributed by atoms with E-state index in [-0.39, 0.29) is 5.56 Å². The topological polar surface area (TPSA) is 160 Å². The average molecular weight is 337 g/mol. The van der Waals surface area contributed by atoms with Crippen molar-refractivity contribution >= 4 is 22.8 Å². The van der Waals surface area contributed by atoms with Gasteiger partial charge in [-0.25, -0.2) is 15.6 Å². The minimum Gasteiger partial charge on any atom is -0.595 e. The van der Waals surface area contributed by atoms with Crippen LogP contribution in [0.3, 0.4) is 0 Å². The largest absolute Gasteiger partial charge is 0.595 e. The monoisotopic (exact) mass is 337 g/mol.